The zero-order valence-corrected chi connectivity index (χ0v) is 18.6. The summed E-state index contributed by atoms with van der Waals surface area (Å²) >= 11 is 0. The number of aromatic amines is 1. The molecule has 0 spiro atoms. The SMILES string of the molecule is COCCNCc1cc(C2CN(C(C)C(=O)Nc3ccc(O)cn3)CCC2(F)F)c[nH]c1=O. The predicted molar refractivity (Wildman–Crippen MR) is 119 cm³/mol. The van der Waals surface area contributed by atoms with Gasteiger partial charge >= 0.3 is 0 Å². The topological polar surface area (TPSA) is 120 Å². The Hall–Kier alpha value is -2.89. The van der Waals surface area contributed by atoms with E-state index in [1.54, 1.807) is 18.9 Å². The molecule has 0 saturated carbocycles. The molecular formula is C22H29F2N5O4. The Morgan fingerprint density at radius 1 is 1.45 bits per heavy atom. The number of aromatic hydroxyl groups is 1. The zero-order valence-electron chi connectivity index (χ0n) is 18.6. The third-order valence-corrected chi connectivity index (χ3v) is 5.79. The van der Waals surface area contributed by atoms with Crippen LogP contribution in [0.3, 0.4) is 0 Å². The lowest BCUT2D eigenvalue weighted by atomic mass is 9.86. The highest BCUT2D eigenvalue weighted by Gasteiger charge is 2.46. The summed E-state index contributed by atoms with van der Waals surface area (Å²) in [5, 5.41) is 15.0. The molecule has 2 aromatic heterocycles. The van der Waals surface area contributed by atoms with Gasteiger partial charge in [0.05, 0.1) is 24.8 Å². The average Bonchev–Trinajstić information content (AvgIpc) is 2.79. The van der Waals surface area contributed by atoms with Gasteiger partial charge in [-0.15, -0.1) is 0 Å². The summed E-state index contributed by atoms with van der Waals surface area (Å²) in [6, 6.07) is 3.67. The van der Waals surface area contributed by atoms with Gasteiger partial charge in [0.2, 0.25) is 5.91 Å². The van der Waals surface area contributed by atoms with Gasteiger partial charge in [0.1, 0.15) is 11.6 Å². The Kier molecular flexibility index (Phi) is 8.11. The van der Waals surface area contributed by atoms with Crippen LogP contribution in [0.5, 0.6) is 5.75 Å². The lowest BCUT2D eigenvalue weighted by molar-refractivity contribution is -0.125. The highest BCUT2D eigenvalue weighted by molar-refractivity contribution is 5.93. The minimum absolute atomic E-state index is 0.0312. The van der Waals surface area contributed by atoms with E-state index in [2.05, 4.69) is 20.6 Å². The maximum Gasteiger partial charge on any atom is 0.257 e. The minimum Gasteiger partial charge on any atom is -0.506 e. The Morgan fingerprint density at radius 2 is 2.24 bits per heavy atom. The van der Waals surface area contributed by atoms with E-state index in [9.17, 15) is 23.5 Å². The first kappa shape index (κ1) is 24.7. The molecule has 0 aliphatic carbocycles. The molecule has 4 N–H and O–H groups in total. The summed E-state index contributed by atoms with van der Waals surface area (Å²) in [4.78, 5) is 33.0. The van der Waals surface area contributed by atoms with Gasteiger partial charge in [0, 0.05) is 51.5 Å². The summed E-state index contributed by atoms with van der Waals surface area (Å²) in [5.41, 5.74) is 0.343. The number of hydrogen-bond acceptors (Lipinski definition) is 7. The van der Waals surface area contributed by atoms with Crippen LogP contribution >= 0.6 is 0 Å². The van der Waals surface area contributed by atoms with Crippen molar-refractivity contribution < 1.29 is 23.4 Å². The molecule has 33 heavy (non-hydrogen) atoms. The van der Waals surface area contributed by atoms with Crippen molar-refractivity contribution in [1.82, 2.24) is 20.2 Å². The Balaban J connectivity index is 1.72. The number of alkyl halides is 2. The number of anilines is 1. The fourth-order valence-electron chi connectivity index (χ4n) is 3.76. The largest absolute Gasteiger partial charge is 0.506 e. The highest BCUT2D eigenvalue weighted by atomic mass is 19.3. The third kappa shape index (κ3) is 6.34. The van der Waals surface area contributed by atoms with Crippen LogP contribution in [0.4, 0.5) is 14.6 Å². The van der Waals surface area contributed by atoms with Crippen molar-refractivity contribution in [2.24, 2.45) is 0 Å². The quantitative estimate of drug-likeness (QED) is 0.416. The van der Waals surface area contributed by atoms with Gasteiger partial charge in [-0.3, -0.25) is 14.5 Å². The maximum absolute atomic E-state index is 14.9. The number of halogens is 2. The first-order chi connectivity index (χ1) is 15.7. The third-order valence-electron chi connectivity index (χ3n) is 5.79. The number of carbonyl (C=O) groups is 1. The fourth-order valence-corrected chi connectivity index (χ4v) is 3.76. The molecular weight excluding hydrogens is 436 g/mol. The van der Waals surface area contributed by atoms with E-state index >= 15 is 0 Å². The number of nitrogens with zero attached hydrogens (tertiary/aromatic N) is 2. The molecule has 11 heteroatoms. The van der Waals surface area contributed by atoms with Gasteiger partial charge < -0.3 is 25.5 Å². The Morgan fingerprint density at radius 3 is 2.94 bits per heavy atom. The van der Waals surface area contributed by atoms with Gasteiger partial charge in [0.15, 0.2) is 0 Å². The predicted octanol–water partition coefficient (Wildman–Crippen LogP) is 1.66. The van der Waals surface area contributed by atoms with E-state index in [1.807, 2.05) is 0 Å². The van der Waals surface area contributed by atoms with E-state index in [4.69, 9.17) is 4.74 Å². The number of hydrogen-bond donors (Lipinski definition) is 4. The number of aromatic nitrogens is 2. The van der Waals surface area contributed by atoms with Crippen LogP contribution in [0.15, 0.2) is 35.4 Å². The lowest BCUT2D eigenvalue weighted by Gasteiger charge is -2.40. The first-order valence-electron chi connectivity index (χ1n) is 10.7. The van der Waals surface area contributed by atoms with Crippen molar-refractivity contribution in [2.45, 2.75) is 37.8 Å². The molecule has 0 aromatic carbocycles. The smallest absolute Gasteiger partial charge is 0.257 e. The van der Waals surface area contributed by atoms with Crippen LogP contribution < -0.4 is 16.2 Å². The van der Waals surface area contributed by atoms with Gasteiger partial charge in [-0.05, 0) is 30.7 Å². The molecule has 1 saturated heterocycles. The van der Waals surface area contributed by atoms with Crippen LogP contribution in [0.1, 0.15) is 30.4 Å². The number of nitrogens with one attached hydrogen (secondary N) is 3. The lowest BCUT2D eigenvalue weighted by Crippen LogP contribution is -2.52. The van der Waals surface area contributed by atoms with Crippen molar-refractivity contribution in [3.8, 4) is 5.75 Å². The molecule has 3 rings (SSSR count). The monoisotopic (exact) mass is 465 g/mol. The second kappa shape index (κ2) is 10.8. The van der Waals surface area contributed by atoms with Crippen LogP contribution in [0, 0.1) is 0 Å². The number of amides is 1. The van der Waals surface area contributed by atoms with Gasteiger partial charge in [0.25, 0.3) is 11.5 Å². The standard InChI is InChI=1S/C22H29F2N5O4/c1-14(20(31)28-19-4-3-17(30)12-26-19)29-7-5-22(23,24)18(13-29)15-9-16(21(32)27-11-15)10-25-6-8-33-2/h3-4,9,11-12,14,18,25,30H,5-8,10,13H2,1-2H3,(H,27,32)(H,26,28,31). The molecule has 2 unspecified atom stereocenters. The van der Waals surface area contributed by atoms with E-state index in [1.165, 1.54) is 30.6 Å². The van der Waals surface area contributed by atoms with E-state index in [0.717, 1.165) is 0 Å². The average molecular weight is 466 g/mol. The van der Waals surface area contributed by atoms with Crippen molar-refractivity contribution in [2.75, 3.05) is 38.7 Å². The highest BCUT2D eigenvalue weighted by Crippen LogP contribution is 2.40. The number of piperidine rings is 1. The molecule has 1 aliphatic heterocycles. The number of methoxy groups -OCH3 is 1. The van der Waals surface area contributed by atoms with Crippen molar-refractivity contribution in [1.29, 1.82) is 0 Å². The van der Waals surface area contributed by atoms with Crippen LogP contribution in [-0.2, 0) is 16.1 Å². The zero-order chi connectivity index (χ0) is 24.0. The van der Waals surface area contributed by atoms with Gasteiger partial charge in [-0.25, -0.2) is 13.8 Å². The Bertz CT molecular complexity index is 999. The van der Waals surface area contributed by atoms with Crippen molar-refractivity contribution in [3.05, 3.63) is 52.1 Å². The summed E-state index contributed by atoms with van der Waals surface area (Å²) in [6.45, 7) is 2.87. The molecule has 0 bridgehead atoms. The van der Waals surface area contributed by atoms with Gasteiger partial charge in [-0.2, -0.15) is 0 Å². The number of ether oxygens (including phenoxy) is 1. The van der Waals surface area contributed by atoms with E-state index in [0.29, 0.717) is 24.3 Å². The molecule has 1 amide bonds. The summed E-state index contributed by atoms with van der Waals surface area (Å²) < 4.78 is 34.7. The summed E-state index contributed by atoms with van der Waals surface area (Å²) in [6.07, 6.45) is 2.12. The van der Waals surface area contributed by atoms with Gasteiger partial charge in [-0.1, -0.05) is 0 Å². The molecule has 9 nitrogen and oxygen atoms in total. The number of likely N-dealkylation sites (tertiary alicyclic amines) is 1. The van der Waals surface area contributed by atoms with Crippen molar-refractivity contribution >= 4 is 11.7 Å². The van der Waals surface area contributed by atoms with E-state index in [-0.39, 0.29) is 42.7 Å². The molecule has 1 fully saturated rings. The van der Waals surface area contributed by atoms with Crippen LogP contribution in [0.25, 0.3) is 0 Å². The van der Waals surface area contributed by atoms with Crippen LogP contribution in [-0.4, -0.2) is 71.2 Å². The summed E-state index contributed by atoms with van der Waals surface area (Å²) in [7, 11) is 1.56. The molecule has 1 aliphatic rings. The Labute approximate surface area is 190 Å². The number of carbonyl (C=O) groups excluding carboxylic acids is 1. The first-order valence-corrected chi connectivity index (χ1v) is 10.7. The maximum atomic E-state index is 14.9. The second-order valence-electron chi connectivity index (χ2n) is 8.08. The van der Waals surface area contributed by atoms with Crippen LogP contribution in [0.2, 0.25) is 0 Å². The normalized spacial score (nSPS) is 19.2. The second-order valence-corrected chi connectivity index (χ2v) is 8.08. The number of rotatable bonds is 9. The molecule has 180 valence electrons. The van der Waals surface area contributed by atoms with Crippen molar-refractivity contribution in [3.63, 3.8) is 0 Å². The number of H-pyrrole nitrogens is 1. The fraction of sp³-hybridized carbons (Fsp3) is 0.500. The minimum atomic E-state index is -2.98. The molecule has 0 radical (unpaired) electrons. The number of pyridine rings is 2. The molecule has 2 atom stereocenters. The molecule has 2 aromatic rings. The summed E-state index contributed by atoms with van der Waals surface area (Å²) in [5.74, 6) is -4.32. The van der Waals surface area contributed by atoms with E-state index < -0.39 is 24.3 Å². The molecule has 3 heterocycles.